The van der Waals surface area contributed by atoms with Gasteiger partial charge in [-0.15, -0.1) is 10.2 Å². The summed E-state index contributed by atoms with van der Waals surface area (Å²) in [6.07, 6.45) is -4.80. The molecular weight excluding hydrogens is 429 g/mol. The Balaban J connectivity index is 1.89. The fourth-order valence-electron chi connectivity index (χ4n) is 2.05. The van der Waals surface area contributed by atoms with E-state index in [0.29, 0.717) is 5.56 Å². The maximum absolute atomic E-state index is 12.9. The van der Waals surface area contributed by atoms with Crippen LogP contribution in [-0.2, 0) is 11.0 Å². The highest BCUT2D eigenvalue weighted by molar-refractivity contribution is 9.10. The summed E-state index contributed by atoms with van der Waals surface area (Å²) in [7, 11) is 0. The molecule has 0 aliphatic carbocycles. The van der Waals surface area contributed by atoms with Gasteiger partial charge in [0.15, 0.2) is 5.82 Å². The van der Waals surface area contributed by atoms with Crippen molar-refractivity contribution in [1.82, 2.24) is 15.2 Å². The molecule has 3 aromatic rings. The van der Waals surface area contributed by atoms with E-state index in [1.54, 1.807) is 42.5 Å². The predicted molar refractivity (Wildman–Crippen MR) is 93.4 cm³/mol. The summed E-state index contributed by atoms with van der Waals surface area (Å²) in [6.45, 7) is 0. The summed E-state index contributed by atoms with van der Waals surface area (Å²) >= 11 is 3.23. The third-order valence-corrected chi connectivity index (χ3v) is 3.84. The predicted octanol–water partition coefficient (Wildman–Crippen LogP) is 4.50. The van der Waals surface area contributed by atoms with Crippen molar-refractivity contribution in [2.75, 3.05) is 5.48 Å². The minimum atomic E-state index is -4.80. The number of carbonyl (C=O) groups excluding carboxylic acids is 1. The van der Waals surface area contributed by atoms with E-state index in [4.69, 9.17) is 4.84 Å². The standard InChI is InChI=1S/C17H10BrF3N4O2/c18-12-8-6-11(7-9-12)15(26)27-25-14-13(10-4-2-1-3-5-10)23-24-16(22-14)17(19,20)21/h1-9H,(H,22,24,25). The van der Waals surface area contributed by atoms with Gasteiger partial charge < -0.3 is 4.84 Å². The first-order chi connectivity index (χ1) is 12.8. The molecule has 0 spiro atoms. The molecule has 0 fully saturated rings. The van der Waals surface area contributed by atoms with Crippen LogP contribution in [0.3, 0.4) is 0 Å². The fourth-order valence-corrected chi connectivity index (χ4v) is 2.31. The lowest BCUT2D eigenvalue weighted by Crippen LogP contribution is -2.17. The van der Waals surface area contributed by atoms with E-state index in [1.807, 2.05) is 0 Å². The molecule has 1 aromatic heterocycles. The molecule has 138 valence electrons. The maximum atomic E-state index is 12.9. The van der Waals surface area contributed by atoms with Crippen LogP contribution in [-0.4, -0.2) is 21.2 Å². The molecule has 3 rings (SSSR count). The van der Waals surface area contributed by atoms with Crippen molar-refractivity contribution in [2.45, 2.75) is 6.18 Å². The van der Waals surface area contributed by atoms with Crippen LogP contribution in [0.2, 0.25) is 0 Å². The molecule has 0 aliphatic rings. The van der Waals surface area contributed by atoms with Crippen LogP contribution in [0, 0.1) is 0 Å². The summed E-state index contributed by atoms with van der Waals surface area (Å²) in [5.41, 5.74) is 2.82. The Kier molecular flexibility index (Phi) is 5.36. The second kappa shape index (κ2) is 7.70. The number of hydrogen-bond acceptors (Lipinski definition) is 6. The zero-order valence-corrected chi connectivity index (χ0v) is 15.0. The normalized spacial score (nSPS) is 11.1. The van der Waals surface area contributed by atoms with E-state index in [0.717, 1.165) is 4.47 Å². The highest BCUT2D eigenvalue weighted by atomic mass is 79.9. The maximum Gasteiger partial charge on any atom is 0.453 e. The molecular formula is C17H10BrF3N4O2. The smallest absolute Gasteiger partial charge is 0.336 e. The third-order valence-electron chi connectivity index (χ3n) is 3.31. The number of alkyl halides is 3. The molecule has 0 bridgehead atoms. The molecule has 0 aliphatic heterocycles. The van der Waals surface area contributed by atoms with E-state index in [9.17, 15) is 18.0 Å². The van der Waals surface area contributed by atoms with E-state index < -0.39 is 18.0 Å². The average Bonchev–Trinajstić information content (AvgIpc) is 2.66. The Labute approximate surface area is 159 Å². The number of hydrogen-bond donors (Lipinski definition) is 1. The molecule has 2 aromatic carbocycles. The third kappa shape index (κ3) is 4.59. The largest absolute Gasteiger partial charge is 0.453 e. The number of benzene rings is 2. The van der Waals surface area contributed by atoms with Gasteiger partial charge in [-0.25, -0.2) is 9.78 Å². The Morgan fingerprint density at radius 3 is 2.30 bits per heavy atom. The van der Waals surface area contributed by atoms with E-state index >= 15 is 0 Å². The Morgan fingerprint density at radius 1 is 1.00 bits per heavy atom. The Morgan fingerprint density at radius 2 is 1.67 bits per heavy atom. The molecule has 6 nitrogen and oxygen atoms in total. The monoisotopic (exact) mass is 438 g/mol. The van der Waals surface area contributed by atoms with Gasteiger partial charge in [0, 0.05) is 10.0 Å². The number of carbonyl (C=O) groups is 1. The number of nitrogens with one attached hydrogen (secondary N) is 1. The number of halogens is 4. The SMILES string of the molecule is O=C(ONc1nc(C(F)(F)F)nnc1-c1ccccc1)c1ccc(Br)cc1. The first kappa shape index (κ1) is 18.8. The summed E-state index contributed by atoms with van der Waals surface area (Å²) in [4.78, 5) is 20.4. The van der Waals surface area contributed by atoms with Crippen LogP contribution < -0.4 is 5.48 Å². The summed E-state index contributed by atoms with van der Waals surface area (Å²) in [5, 5.41) is 6.70. The first-order valence-electron chi connectivity index (χ1n) is 7.44. The lowest BCUT2D eigenvalue weighted by atomic mass is 10.1. The summed E-state index contributed by atoms with van der Waals surface area (Å²) < 4.78 is 39.5. The van der Waals surface area contributed by atoms with Crippen LogP contribution in [0.4, 0.5) is 19.0 Å². The minimum Gasteiger partial charge on any atom is -0.336 e. The van der Waals surface area contributed by atoms with Gasteiger partial charge in [-0.05, 0) is 24.3 Å². The second-order valence-corrected chi connectivity index (χ2v) is 6.11. The van der Waals surface area contributed by atoms with E-state index in [1.165, 1.54) is 12.1 Å². The minimum absolute atomic E-state index is 0.00667. The molecule has 0 unspecified atom stereocenters. The molecule has 0 radical (unpaired) electrons. The molecule has 0 amide bonds. The lowest BCUT2D eigenvalue weighted by molar-refractivity contribution is -0.145. The van der Waals surface area contributed by atoms with Crippen LogP contribution in [0.25, 0.3) is 11.3 Å². The number of rotatable bonds is 4. The van der Waals surface area contributed by atoms with Crippen molar-refractivity contribution in [1.29, 1.82) is 0 Å². The van der Waals surface area contributed by atoms with Crippen LogP contribution in [0.15, 0.2) is 59.1 Å². The second-order valence-electron chi connectivity index (χ2n) is 5.19. The highest BCUT2D eigenvalue weighted by Gasteiger charge is 2.36. The van der Waals surface area contributed by atoms with Gasteiger partial charge in [-0.3, -0.25) is 0 Å². The van der Waals surface area contributed by atoms with Crippen molar-refractivity contribution in [3.8, 4) is 11.3 Å². The highest BCUT2D eigenvalue weighted by Crippen LogP contribution is 2.30. The zero-order valence-electron chi connectivity index (χ0n) is 13.4. The van der Waals surface area contributed by atoms with Crippen molar-refractivity contribution in [2.24, 2.45) is 0 Å². The van der Waals surface area contributed by atoms with Crippen molar-refractivity contribution in [3.63, 3.8) is 0 Å². The first-order valence-corrected chi connectivity index (χ1v) is 8.24. The average molecular weight is 439 g/mol. The quantitative estimate of drug-likeness (QED) is 0.604. The zero-order chi connectivity index (χ0) is 19.4. The van der Waals surface area contributed by atoms with Crippen molar-refractivity contribution in [3.05, 3.63) is 70.5 Å². The van der Waals surface area contributed by atoms with Crippen molar-refractivity contribution >= 4 is 27.7 Å². The molecule has 27 heavy (non-hydrogen) atoms. The van der Waals surface area contributed by atoms with Gasteiger partial charge in [0.2, 0.25) is 0 Å². The summed E-state index contributed by atoms with van der Waals surface area (Å²) in [6, 6.07) is 14.5. The van der Waals surface area contributed by atoms with Crippen LogP contribution in [0.5, 0.6) is 0 Å². The Bertz CT molecular complexity index is 951. The molecule has 1 heterocycles. The van der Waals surface area contributed by atoms with E-state index in [2.05, 4.69) is 36.6 Å². The Hall–Kier alpha value is -3.01. The van der Waals surface area contributed by atoms with Gasteiger partial charge in [0.25, 0.3) is 5.82 Å². The molecule has 1 N–H and O–H groups in total. The molecule has 0 atom stereocenters. The molecule has 0 saturated heterocycles. The number of anilines is 1. The number of aromatic nitrogens is 3. The van der Waals surface area contributed by atoms with Gasteiger partial charge in [0.05, 0.1) is 5.56 Å². The van der Waals surface area contributed by atoms with Gasteiger partial charge in [-0.1, -0.05) is 46.3 Å². The fraction of sp³-hybridized carbons (Fsp3) is 0.0588. The summed E-state index contributed by atoms with van der Waals surface area (Å²) in [5.74, 6) is -2.63. The number of nitrogens with zero attached hydrogens (tertiary/aromatic N) is 3. The topological polar surface area (TPSA) is 77.0 Å². The van der Waals surface area contributed by atoms with Gasteiger partial charge >= 0.3 is 12.1 Å². The van der Waals surface area contributed by atoms with Crippen molar-refractivity contribution < 1.29 is 22.8 Å². The van der Waals surface area contributed by atoms with Crippen LogP contribution in [0.1, 0.15) is 16.2 Å². The molecule has 0 saturated carbocycles. The van der Waals surface area contributed by atoms with Gasteiger partial charge in [-0.2, -0.15) is 18.7 Å². The van der Waals surface area contributed by atoms with E-state index in [-0.39, 0.29) is 17.1 Å². The van der Waals surface area contributed by atoms with Gasteiger partial charge in [0.1, 0.15) is 5.69 Å². The molecule has 10 heteroatoms. The van der Waals surface area contributed by atoms with Crippen LogP contribution >= 0.6 is 15.9 Å². The lowest BCUT2D eigenvalue weighted by Gasteiger charge is -2.12.